The molecule has 336 valence electrons. The first-order valence-corrected chi connectivity index (χ1v) is 22.2. The number of halogens is 3. The third kappa shape index (κ3) is 12.1. The minimum Gasteiger partial charge on any atom is -0.507 e. The standard InChI is InChI=1S/C43H51F3N6O3.C5H7NO2/c44-43(45,46)32-55-42(20-25-50(26-21-42)22-15-33-16-23-51(24-17-33)35-11-5-2-6-12-35)40(54)47-31-41(34-9-3-1-4-10-34)18-27-52(28-19-41)36-29-38(49-48-30-36)37-13-7-8-14-39(37)53;7-4-2-1-3-5(8)6-4/h1-14,29-30,33,53H,15-28,31-32H2,(H,47,54);1-3H2,(H,6,7,8). The van der Waals surface area contributed by atoms with Crippen LogP contribution in [0.3, 0.4) is 0 Å². The fraction of sp³-hybridized carbons (Fsp3) is 0.479. The summed E-state index contributed by atoms with van der Waals surface area (Å²) in [7, 11) is 0. The van der Waals surface area contributed by atoms with Gasteiger partial charge in [0, 0.05) is 75.3 Å². The van der Waals surface area contributed by atoms with Crippen LogP contribution in [0.5, 0.6) is 5.75 Å². The maximum atomic E-state index is 14.1. The number of aromatic nitrogens is 2. The van der Waals surface area contributed by atoms with Gasteiger partial charge in [0.1, 0.15) is 18.0 Å². The molecule has 3 amide bonds. The van der Waals surface area contributed by atoms with Crippen molar-refractivity contribution in [3.05, 3.63) is 103 Å². The number of likely N-dealkylation sites (tertiary alicyclic amines) is 1. The van der Waals surface area contributed by atoms with Gasteiger partial charge in [-0.2, -0.15) is 23.4 Å². The molecule has 3 N–H and O–H groups in total. The lowest BCUT2D eigenvalue weighted by atomic mass is 9.72. The van der Waals surface area contributed by atoms with Gasteiger partial charge in [-0.1, -0.05) is 60.7 Å². The number of imide groups is 1. The van der Waals surface area contributed by atoms with E-state index in [0.29, 0.717) is 75.5 Å². The Kier molecular flexibility index (Phi) is 15.0. The van der Waals surface area contributed by atoms with Crippen molar-refractivity contribution in [1.29, 1.82) is 0 Å². The van der Waals surface area contributed by atoms with Crippen LogP contribution in [0.2, 0.25) is 0 Å². The lowest BCUT2D eigenvalue weighted by Crippen LogP contribution is -2.58. The number of alkyl halides is 3. The number of hydrogen-bond acceptors (Lipinski definition) is 10. The fourth-order valence-corrected chi connectivity index (χ4v) is 9.28. The SMILES string of the molecule is O=C(NCC1(c2ccccc2)CCN(c2cnnc(-c3ccccc3O)c2)CC1)C1(OCC(F)(F)F)CCN(CCC2CCN(c3ccccc3)CC2)CC1.O=C1CCCC(=O)N1. The van der Waals surface area contributed by atoms with Gasteiger partial charge in [-0.3, -0.25) is 19.7 Å². The number of benzene rings is 3. The van der Waals surface area contributed by atoms with Crippen LogP contribution in [0.1, 0.15) is 69.8 Å². The number of amides is 3. The quantitative estimate of drug-likeness (QED) is 0.127. The van der Waals surface area contributed by atoms with Crippen LogP contribution in [0.15, 0.2) is 97.2 Å². The Morgan fingerprint density at radius 1 is 0.810 bits per heavy atom. The molecule has 12 nitrogen and oxygen atoms in total. The highest BCUT2D eigenvalue weighted by atomic mass is 19.4. The maximum Gasteiger partial charge on any atom is 0.411 e. The number of phenols is 1. The topological polar surface area (TPSA) is 140 Å². The van der Waals surface area contributed by atoms with Crippen LogP contribution in [0.25, 0.3) is 11.3 Å². The third-order valence-electron chi connectivity index (χ3n) is 13.1. The Morgan fingerprint density at radius 2 is 1.43 bits per heavy atom. The van der Waals surface area contributed by atoms with Crippen molar-refractivity contribution in [3.63, 3.8) is 0 Å². The van der Waals surface area contributed by atoms with Crippen LogP contribution in [-0.4, -0.2) is 109 Å². The molecule has 0 spiro atoms. The summed E-state index contributed by atoms with van der Waals surface area (Å²) in [5.74, 6) is -0.00815. The van der Waals surface area contributed by atoms with Crippen molar-refractivity contribution in [1.82, 2.24) is 25.7 Å². The van der Waals surface area contributed by atoms with Crippen molar-refractivity contribution in [2.45, 2.75) is 81.4 Å². The number of para-hydroxylation sites is 2. The van der Waals surface area contributed by atoms with Gasteiger partial charge >= 0.3 is 6.18 Å². The van der Waals surface area contributed by atoms with E-state index in [2.05, 4.69) is 71.9 Å². The molecule has 8 rings (SSSR count). The first kappa shape index (κ1) is 45.5. The Bertz CT molecular complexity index is 2110. The lowest BCUT2D eigenvalue weighted by molar-refractivity contribution is -0.213. The van der Waals surface area contributed by atoms with E-state index in [-0.39, 0.29) is 37.0 Å². The summed E-state index contributed by atoms with van der Waals surface area (Å²) in [4.78, 5) is 41.7. The van der Waals surface area contributed by atoms with E-state index in [4.69, 9.17) is 4.74 Å². The highest BCUT2D eigenvalue weighted by Crippen LogP contribution is 2.39. The molecule has 3 aromatic carbocycles. The molecule has 0 bridgehead atoms. The van der Waals surface area contributed by atoms with E-state index in [1.54, 1.807) is 24.4 Å². The largest absolute Gasteiger partial charge is 0.507 e. The first-order chi connectivity index (χ1) is 30.4. The smallest absolute Gasteiger partial charge is 0.411 e. The Morgan fingerprint density at radius 3 is 2.05 bits per heavy atom. The molecule has 0 radical (unpaired) electrons. The highest BCUT2D eigenvalue weighted by molar-refractivity contribution is 5.97. The van der Waals surface area contributed by atoms with E-state index < -0.39 is 29.7 Å². The van der Waals surface area contributed by atoms with Crippen molar-refractivity contribution in [2.75, 3.05) is 68.8 Å². The van der Waals surface area contributed by atoms with Crippen LogP contribution in [0, 0.1) is 5.92 Å². The summed E-state index contributed by atoms with van der Waals surface area (Å²) in [6.07, 6.45) is 3.97. The van der Waals surface area contributed by atoms with Gasteiger partial charge in [-0.25, -0.2) is 0 Å². The van der Waals surface area contributed by atoms with Crippen molar-refractivity contribution < 1.29 is 37.4 Å². The lowest BCUT2D eigenvalue weighted by Gasteiger charge is -2.45. The molecule has 4 aliphatic heterocycles. The van der Waals surface area contributed by atoms with Crippen molar-refractivity contribution in [3.8, 4) is 17.0 Å². The minimum atomic E-state index is -4.54. The second-order valence-electron chi connectivity index (χ2n) is 17.3. The number of ether oxygens (including phenoxy) is 1. The summed E-state index contributed by atoms with van der Waals surface area (Å²) in [5, 5.41) is 24.2. The molecular formula is C48H58F3N7O5. The van der Waals surface area contributed by atoms with Crippen molar-refractivity contribution >= 4 is 29.1 Å². The van der Waals surface area contributed by atoms with Gasteiger partial charge in [-0.15, -0.1) is 0 Å². The van der Waals surface area contributed by atoms with E-state index in [1.807, 2.05) is 36.4 Å². The Balaban J connectivity index is 0.000000670. The second kappa shape index (κ2) is 20.8. The van der Waals surface area contributed by atoms with Crippen molar-refractivity contribution in [2.24, 2.45) is 5.92 Å². The zero-order valence-corrected chi connectivity index (χ0v) is 35.7. The molecule has 4 fully saturated rings. The number of anilines is 2. The molecule has 0 saturated carbocycles. The van der Waals surface area contributed by atoms with Gasteiger partial charge in [0.2, 0.25) is 11.8 Å². The predicted octanol–water partition coefficient (Wildman–Crippen LogP) is 7.04. The molecule has 5 heterocycles. The Hall–Kier alpha value is -5.54. The minimum absolute atomic E-state index is 0.129. The van der Waals surface area contributed by atoms with Crippen LogP contribution in [-0.2, 0) is 24.5 Å². The normalized spacial score (nSPS) is 19.4. The van der Waals surface area contributed by atoms with E-state index >= 15 is 0 Å². The number of phenolic OH excluding ortho intramolecular Hbond substituents is 1. The fourth-order valence-electron chi connectivity index (χ4n) is 9.28. The number of carbonyl (C=O) groups excluding carboxylic acids is 3. The molecule has 0 atom stereocenters. The van der Waals surface area contributed by atoms with Crippen LogP contribution < -0.4 is 20.4 Å². The van der Waals surface area contributed by atoms with Gasteiger partial charge in [0.15, 0.2) is 0 Å². The summed E-state index contributed by atoms with van der Waals surface area (Å²) in [5.41, 5.74) is 2.40. The molecule has 4 saturated heterocycles. The number of rotatable bonds is 12. The molecule has 0 aliphatic carbocycles. The number of hydrogen-bond donors (Lipinski definition) is 3. The molecule has 0 unspecified atom stereocenters. The molecule has 15 heteroatoms. The molecular weight excluding hydrogens is 812 g/mol. The monoisotopic (exact) mass is 869 g/mol. The maximum absolute atomic E-state index is 14.1. The first-order valence-electron chi connectivity index (χ1n) is 22.2. The zero-order chi connectivity index (χ0) is 44.3. The zero-order valence-electron chi connectivity index (χ0n) is 35.7. The van der Waals surface area contributed by atoms with Gasteiger partial charge in [0.05, 0.1) is 17.6 Å². The van der Waals surface area contributed by atoms with Crippen LogP contribution >= 0.6 is 0 Å². The summed E-state index contributed by atoms with van der Waals surface area (Å²) < 4.78 is 46.3. The molecule has 4 aromatic rings. The van der Waals surface area contributed by atoms with E-state index in [0.717, 1.165) is 50.1 Å². The highest BCUT2D eigenvalue weighted by Gasteiger charge is 2.47. The summed E-state index contributed by atoms with van der Waals surface area (Å²) in [6.45, 7) is 4.07. The second-order valence-corrected chi connectivity index (χ2v) is 17.3. The van der Waals surface area contributed by atoms with Gasteiger partial charge < -0.3 is 29.9 Å². The molecule has 1 aromatic heterocycles. The number of piperidine rings is 4. The number of nitrogens with one attached hydrogen (secondary N) is 2. The number of nitrogens with zero attached hydrogens (tertiary/aromatic N) is 5. The number of carbonyl (C=O) groups is 3. The Labute approximate surface area is 367 Å². The third-order valence-corrected chi connectivity index (χ3v) is 13.1. The van der Waals surface area contributed by atoms with E-state index in [1.165, 1.54) is 5.69 Å². The predicted molar refractivity (Wildman–Crippen MR) is 235 cm³/mol. The average molecular weight is 870 g/mol. The summed E-state index contributed by atoms with van der Waals surface area (Å²) in [6, 6.07) is 29.4. The van der Waals surface area contributed by atoms with E-state index in [9.17, 15) is 32.7 Å². The number of aromatic hydroxyl groups is 1. The molecule has 63 heavy (non-hydrogen) atoms. The molecule has 4 aliphatic rings. The summed E-state index contributed by atoms with van der Waals surface area (Å²) >= 11 is 0. The average Bonchev–Trinajstić information content (AvgIpc) is 3.31. The van der Waals surface area contributed by atoms with Crippen LogP contribution in [0.4, 0.5) is 24.5 Å². The van der Waals surface area contributed by atoms with Gasteiger partial charge in [0.25, 0.3) is 5.91 Å². The van der Waals surface area contributed by atoms with Gasteiger partial charge in [-0.05, 0) is 99.7 Å².